The molecule has 1 aromatic carbocycles. The molecule has 0 fully saturated rings. The predicted octanol–water partition coefficient (Wildman–Crippen LogP) is 1.64. The number of carbonyl (C=O) groups excluding carboxylic acids is 2. The van der Waals surface area contributed by atoms with Crippen molar-refractivity contribution in [2.45, 2.75) is 0 Å². The summed E-state index contributed by atoms with van der Waals surface area (Å²) in [4.78, 5) is 23.8. The maximum Gasteiger partial charge on any atom is 0.357 e. The van der Waals surface area contributed by atoms with Crippen molar-refractivity contribution >= 4 is 17.6 Å². The predicted molar refractivity (Wildman–Crippen MR) is 77.5 cm³/mol. The number of halogens is 1. The lowest BCUT2D eigenvalue weighted by molar-refractivity contribution is 0.0581. The largest absolute Gasteiger partial charge is 0.465 e. The number of methoxy groups -OCH3 is 2. The first-order valence-electron chi connectivity index (χ1n) is 6.32. The van der Waals surface area contributed by atoms with E-state index in [1.54, 1.807) is 0 Å². The van der Waals surface area contributed by atoms with Gasteiger partial charge in [-0.3, -0.25) is 0 Å². The van der Waals surface area contributed by atoms with Crippen LogP contribution in [0.5, 0.6) is 0 Å². The average molecular weight is 317 g/mol. The number of carbonyl (C=O) groups is 2. The zero-order valence-electron chi connectivity index (χ0n) is 12.3. The molecule has 1 aromatic heterocycles. The molecule has 0 unspecified atom stereocenters. The number of aromatic nitrogens is 1. The lowest BCUT2D eigenvalue weighted by Crippen LogP contribution is -2.14. The topological polar surface area (TPSA) is 107 Å². The van der Waals surface area contributed by atoms with Crippen LogP contribution in [0.1, 0.15) is 26.4 Å². The molecular weight excluding hydrogens is 305 g/mol. The first kappa shape index (κ1) is 16.0. The van der Waals surface area contributed by atoms with Gasteiger partial charge in [0.25, 0.3) is 0 Å². The van der Waals surface area contributed by atoms with Crippen molar-refractivity contribution in [2.24, 2.45) is 0 Å². The molecule has 8 heteroatoms. The second-order valence-electron chi connectivity index (χ2n) is 4.43. The van der Waals surface area contributed by atoms with Gasteiger partial charge in [-0.25, -0.2) is 14.0 Å². The van der Waals surface area contributed by atoms with E-state index in [1.807, 2.05) is 6.07 Å². The molecule has 0 aliphatic rings. The summed E-state index contributed by atoms with van der Waals surface area (Å²) in [6, 6.07) is 5.17. The number of nitrogen functional groups attached to an aromatic ring is 1. The fourth-order valence-electron chi connectivity index (χ4n) is 2.10. The number of ether oxygens (including phenoxy) is 2. The summed E-state index contributed by atoms with van der Waals surface area (Å²) < 4.78 is 23.9. The van der Waals surface area contributed by atoms with Gasteiger partial charge in [0.1, 0.15) is 11.9 Å². The molecule has 0 amide bonds. The molecule has 0 saturated heterocycles. The lowest BCUT2D eigenvalue weighted by Gasteiger charge is -2.12. The summed E-state index contributed by atoms with van der Waals surface area (Å²) in [6.45, 7) is 0. The SMILES string of the molecule is COC(=O)c1cc(F)ccc1-n1cc(C#N)c(N)c1C(=O)OC. The van der Waals surface area contributed by atoms with Gasteiger partial charge in [0, 0.05) is 6.20 Å². The Morgan fingerprint density at radius 3 is 2.48 bits per heavy atom. The zero-order chi connectivity index (χ0) is 17.1. The monoisotopic (exact) mass is 317 g/mol. The molecule has 0 saturated carbocycles. The molecular formula is C15H12FN3O4. The standard InChI is InChI=1S/C15H12FN3O4/c1-22-14(20)10-5-9(16)3-4-11(10)19-7-8(6-17)12(18)13(19)15(21)23-2/h3-5,7H,18H2,1-2H3. The Bertz CT molecular complexity index is 836. The average Bonchev–Trinajstić information content (AvgIpc) is 2.89. The van der Waals surface area contributed by atoms with E-state index in [2.05, 4.69) is 9.47 Å². The Labute approximate surface area is 130 Å². The van der Waals surface area contributed by atoms with Gasteiger partial charge in [-0.1, -0.05) is 0 Å². The number of hydrogen-bond donors (Lipinski definition) is 1. The van der Waals surface area contributed by atoms with Gasteiger partial charge in [-0.2, -0.15) is 5.26 Å². The molecule has 7 nitrogen and oxygen atoms in total. The molecule has 0 aliphatic heterocycles. The van der Waals surface area contributed by atoms with Crippen LogP contribution in [-0.4, -0.2) is 30.7 Å². The van der Waals surface area contributed by atoms with Gasteiger partial charge in [0.15, 0.2) is 5.69 Å². The van der Waals surface area contributed by atoms with Crippen molar-refractivity contribution in [3.05, 3.63) is 47.0 Å². The second kappa shape index (κ2) is 6.19. The van der Waals surface area contributed by atoms with Crippen LogP contribution >= 0.6 is 0 Å². The van der Waals surface area contributed by atoms with Gasteiger partial charge in [-0.05, 0) is 18.2 Å². The first-order chi connectivity index (χ1) is 10.9. The third-order valence-electron chi connectivity index (χ3n) is 3.17. The molecule has 2 aromatic rings. The summed E-state index contributed by atoms with van der Waals surface area (Å²) >= 11 is 0. The molecule has 0 radical (unpaired) electrons. The van der Waals surface area contributed by atoms with Crippen molar-refractivity contribution in [1.29, 1.82) is 5.26 Å². The fraction of sp³-hybridized carbons (Fsp3) is 0.133. The zero-order valence-corrected chi connectivity index (χ0v) is 12.3. The third-order valence-corrected chi connectivity index (χ3v) is 3.17. The number of rotatable bonds is 3. The number of nitrogens with zero attached hydrogens (tertiary/aromatic N) is 2. The molecule has 0 aliphatic carbocycles. The summed E-state index contributed by atoms with van der Waals surface area (Å²) in [6.07, 6.45) is 1.27. The van der Waals surface area contributed by atoms with E-state index < -0.39 is 17.8 Å². The number of nitriles is 1. The Balaban J connectivity index is 2.80. The first-order valence-corrected chi connectivity index (χ1v) is 6.32. The minimum atomic E-state index is -0.805. The number of esters is 2. The number of nitrogens with two attached hydrogens (primary N) is 1. The molecule has 118 valence electrons. The maximum atomic E-state index is 13.4. The molecule has 0 atom stereocenters. The Hall–Kier alpha value is -3.34. The van der Waals surface area contributed by atoms with E-state index >= 15 is 0 Å². The molecule has 2 rings (SSSR count). The molecule has 23 heavy (non-hydrogen) atoms. The Kier molecular flexibility index (Phi) is 4.32. The lowest BCUT2D eigenvalue weighted by atomic mass is 10.1. The fourth-order valence-corrected chi connectivity index (χ4v) is 2.10. The van der Waals surface area contributed by atoms with Crippen LogP contribution in [0.25, 0.3) is 5.69 Å². The van der Waals surface area contributed by atoms with Gasteiger partial charge in [-0.15, -0.1) is 0 Å². The van der Waals surface area contributed by atoms with Crippen LogP contribution in [0.4, 0.5) is 10.1 Å². The highest BCUT2D eigenvalue weighted by atomic mass is 19.1. The van der Waals surface area contributed by atoms with Crippen molar-refractivity contribution in [3.8, 4) is 11.8 Å². The molecule has 0 bridgehead atoms. The molecule has 1 heterocycles. The quantitative estimate of drug-likeness (QED) is 0.862. The van der Waals surface area contributed by atoms with Crippen LogP contribution in [0.15, 0.2) is 24.4 Å². The molecule has 2 N–H and O–H groups in total. The van der Waals surface area contributed by atoms with E-state index in [1.165, 1.54) is 16.8 Å². The minimum absolute atomic E-state index is 0.0190. The van der Waals surface area contributed by atoms with E-state index in [0.717, 1.165) is 26.4 Å². The maximum absolute atomic E-state index is 13.4. The summed E-state index contributed by atoms with van der Waals surface area (Å²) in [5.74, 6) is -2.26. The van der Waals surface area contributed by atoms with Crippen LogP contribution in [0.2, 0.25) is 0 Å². The highest BCUT2D eigenvalue weighted by Gasteiger charge is 2.24. The van der Waals surface area contributed by atoms with Crippen LogP contribution in [0.3, 0.4) is 0 Å². The van der Waals surface area contributed by atoms with E-state index in [0.29, 0.717) is 0 Å². The van der Waals surface area contributed by atoms with Crippen LogP contribution < -0.4 is 5.73 Å². The van der Waals surface area contributed by atoms with Gasteiger partial charge >= 0.3 is 11.9 Å². The van der Waals surface area contributed by atoms with Gasteiger partial charge in [0.2, 0.25) is 0 Å². The number of anilines is 1. The smallest absolute Gasteiger partial charge is 0.357 e. The Morgan fingerprint density at radius 2 is 1.91 bits per heavy atom. The normalized spacial score (nSPS) is 10.0. The summed E-state index contributed by atoms with van der Waals surface area (Å²) in [5.41, 5.74) is 5.57. The van der Waals surface area contributed by atoms with E-state index in [-0.39, 0.29) is 28.2 Å². The van der Waals surface area contributed by atoms with E-state index in [4.69, 9.17) is 11.0 Å². The molecule has 0 spiro atoms. The second-order valence-corrected chi connectivity index (χ2v) is 4.43. The minimum Gasteiger partial charge on any atom is -0.465 e. The highest BCUT2D eigenvalue weighted by Crippen LogP contribution is 2.27. The highest BCUT2D eigenvalue weighted by molar-refractivity contribution is 5.98. The summed E-state index contributed by atoms with van der Waals surface area (Å²) in [7, 11) is 2.29. The Morgan fingerprint density at radius 1 is 1.26 bits per heavy atom. The summed E-state index contributed by atoms with van der Waals surface area (Å²) in [5, 5.41) is 9.08. The third kappa shape index (κ3) is 2.72. The van der Waals surface area contributed by atoms with Gasteiger partial charge < -0.3 is 19.8 Å². The van der Waals surface area contributed by atoms with Crippen molar-refractivity contribution in [2.75, 3.05) is 20.0 Å². The van der Waals surface area contributed by atoms with Crippen LogP contribution in [-0.2, 0) is 9.47 Å². The number of benzene rings is 1. The van der Waals surface area contributed by atoms with Gasteiger partial charge in [0.05, 0.1) is 36.7 Å². The van der Waals surface area contributed by atoms with Crippen molar-refractivity contribution in [3.63, 3.8) is 0 Å². The van der Waals surface area contributed by atoms with E-state index in [9.17, 15) is 14.0 Å². The van der Waals surface area contributed by atoms with Crippen LogP contribution in [0, 0.1) is 17.1 Å². The number of hydrogen-bond acceptors (Lipinski definition) is 6. The van der Waals surface area contributed by atoms with Crippen molar-refractivity contribution < 1.29 is 23.5 Å². The van der Waals surface area contributed by atoms with Crippen molar-refractivity contribution in [1.82, 2.24) is 4.57 Å².